The number of amides is 1. The summed E-state index contributed by atoms with van der Waals surface area (Å²) in [5, 5.41) is 6.49. The number of piperidine rings is 1. The first-order valence-corrected chi connectivity index (χ1v) is 8.81. The first-order chi connectivity index (χ1) is 11.0. The summed E-state index contributed by atoms with van der Waals surface area (Å²) < 4.78 is 0. The second kappa shape index (κ2) is 8.34. The molecule has 1 aromatic carbocycles. The van der Waals surface area contributed by atoms with Crippen LogP contribution in [0.3, 0.4) is 0 Å². The van der Waals surface area contributed by atoms with E-state index in [1.807, 2.05) is 18.2 Å². The molecule has 2 unspecified atom stereocenters. The largest absolute Gasteiger partial charge is 0.372 e. The molecule has 2 N–H and O–H groups in total. The number of carbonyl (C=O) groups is 1. The van der Waals surface area contributed by atoms with Crippen LogP contribution in [0.1, 0.15) is 40.0 Å². The van der Waals surface area contributed by atoms with E-state index in [1.165, 1.54) is 12.8 Å². The summed E-state index contributed by atoms with van der Waals surface area (Å²) in [6.45, 7) is 8.67. The molecule has 23 heavy (non-hydrogen) atoms. The van der Waals surface area contributed by atoms with Crippen LogP contribution in [0, 0.1) is 11.8 Å². The zero-order valence-corrected chi connectivity index (χ0v) is 14.9. The summed E-state index contributed by atoms with van der Waals surface area (Å²) in [5.41, 5.74) is 2.01. The van der Waals surface area contributed by atoms with E-state index in [4.69, 9.17) is 0 Å². The van der Waals surface area contributed by atoms with Gasteiger partial charge in [0.2, 0.25) is 5.91 Å². The molecule has 0 saturated carbocycles. The predicted molar refractivity (Wildman–Crippen MR) is 98.0 cm³/mol. The standard InChI is InChI=1S/C19H31N3O/c1-14(2)22(4)18-9-5-8-17(12-18)21-19(23)11-15(3)16-7-6-10-20-13-16/h5,8-9,12,14-16,20H,6-7,10-11,13H2,1-4H3,(H,21,23). The van der Waals surface area contributed by atoms with Gasteiger partial charge >= 0.3 is 0 Å². The first kappa shape index (κ1) is 17.8. The van der Waals surface area contributed by atoms with Crippen molar-refractivity contribution in [1.29, 1.82) is 0 Å². The number of nitrogens with zero attached hydrogens (tertiary/aromatic N) is 1. The number of hydrogen-bond acceptors (Lipinski definition) is 3. The van der Waals surface area contributed by atoms with Crippen LogP contribution in [-0.4, -0.2) is 32.1 Å². The third kappa shape index (κ3) is 5.24. The second-order valence-electron chi connectivity index (χ2n) is 7.09. The topological polar surface area (TPSA) is 44.4 Å². The maximum absolute atomic E-state index is 12.3. The van der Waals surface area contributed by atoms with Crippen LogP contribution < -0.4 is 15.5 Å². The highest BCUT2D eigenvalue weighted by Crippen LogP contribution is 2.24. The van der Waals surface area contributed by atoms with Gasteiger partial charge in [-0.2, -0.15) is 0 Å². The summed E-state index contributed by atoms with van der Waals surface area (Å²) >= 11 is 0. The number of anilines is 2. The molecule has 4 heteroatoms. The van der Waals surface area contributed by atoms with Gasteiger partial charge in [0.05, 0.1) is 0 Å². The van der Waals surface area contributed by atoms with Crippen molar-refractivity contribution in [2.24, 2.45) is 11.8 Å². The summed E-state index contributed by atoms with van der Waals surface area (Å²) in [4.78, 5) is 14.5. The molecule has 0 radical (unpaired) electrons. The van der Waals surface area contributed by atoms with Gasteiger partial charge in [-0.1, -0.05) is 13.0 Å². The lowest BCUT2D eigenvalue weighted by molar-refractivity contribution is -0.117. The smallest absolute Gasteiger partial charge is 0.224 e. The molecule has 2 atom stereocenters. The normalized spacial score (nSPS) is 19.4. The highest BCUT2D eigenvalue weighted by atomic mass is 16.1. The molecule has 128 valence electrons. The number of benzene rings is 1. The lowest BCUT2D eigenvalue weighted by Gasteiger charge is -2.28. The zero-order chi connectivity index (χ0) is 16.8. The lowest BCUT2D eigenvalue weighted by atomic mass is 9.85. The Balaban J connectivity index is 1.90. The molecule has 0 spiro atoms. The lowest BCUT2D eigenvalue weighted by Crippen LogP contribution is -2.34. The molecule has 4 nitrogen and oxygen atoms in total. The van der Waals surface area contributed by atoms with E-state index in [9.17, 15) is 4.79 Å². The monoisotopic (exact) mass is 317 g/mol. The van der Waals surface area contributed by atoms with Crippen LogP contribution in [0.15, 0.2) is 24.3 Å². The summed E-state index contributed by atoms with van der Waals surface area (Å²) in [6, 6.07) is 8.51. The quantitative estimate of drug-likeness (QED) is 0.844. The predicted octanol–water partition coefficient (Wildman–Crippen LogP) is 3.50. The molecule has 1 aliphatic rings. The Morgan fingerprint density at radius 1 is 1.39 bits per heavy atom. The number of hydrogen-bond donors (Lipinski definition) is 2. The van der Waals surface area contributed by atoms with Crippen LogP contribution in [-0.2, 0) is 4.79 Å². The van der Waals surface area contributed by atoms with Crippen molar-refractivity contribution >= 4 is 17.3 Å². The van der Waals surface area contributed by atoms with E-state index in [2.05, 4.69) is 49.4 Å². The fraction of sp³-hybridized carbons (Fsp3) is 0.632. The van der Waals surface area contributed by atoms with Crippen LogP contribution >= 0.6 is 0 Å². The van der Waals surface area contributed by atoms with Crippen LogP contribution in [0.4, 0.5) is 11.4 Å². The van der Waals surface area contributed by atoms with E-state index in [-0.39, 0.29) is 5.91 Å². The van der Waals surface area contributed by atoms with E-state index in [0.29, 0.717) is 24.3 Å². The molecular weight excluding hydrogens is 286 g/mol. The molecular formula is C19H31N3O. The minimum absolute atomic E-state index is 0.118. The molecule has 1 fully saturated rings. The SMILES string of the molecule is CC(CC(=O)Nc1cccc(N(C)C(C)C)c1)C1CCCNC1. The third-order valence-corrected chi connectivity index (χ3v) is 4.96. The van der Waals surface area contributed by atoms with E-state index in [1.54, 1.807) is 0 Å². The van der Waals surface area contributed by atoms with Gasteiger partial charge in [0, 0.05) is 30.9 Å². The molecule has 1 saturated heterocycles. The van der Waals surface area contributed by atoms with Gasteiger partial charge in [-0.15, -0.1) is 0 Å². The van der Waals surface area contributed by atoms with Gasteiger partial charge in [-0.3, -0.25) is 4.79 Å². The van der Waals surface area contributed by atoms with Gasteiger partial charge in [-0.25, -0.2) is 0 Å². The van der Waals surface area contributed by atoms with E-state index >= 15 is 0 Å². The maximum Gasteiger partial charge on any atom is 0.224 e. The Bertz CT molecular complexity index is 509. The van der Waals surface area contributed by atoms with Gasteiger partial charge in [0.25, 0.3) is 0 Å². The molecule has 0 aromatic heterocycles. The fourth-order valence-electron chi connectivity index (χ4n) is 3.14. The molecule has 1 amide bonds. The molecule has 0 bridgehead atoms. The van der Waals surface area contributed by atoms with Gasteiger partial charge in [-0.05, 0) is 69.8 Å². The van der Waals surface area contributed by atoms with Crippen molar-refractivity contribution in [3.8, 4) is 0 Å². The molecule has 1 heterocycles. The Hall–Kier alpha value is -1.55. The zero-order valence-electron chi connectivity index (χ0n) is 14.9. The third-order valence-electron chi connectivity index (χ3n) is 4.96. The summed E-state index contributed by atoms with van der Waals surface area (Å²) in [7, 11) is 2.07. The highest BCUT2D eigenvalue weighted by molar-refractivity contribution is 5.91. The van der Waals surface area contributed by atoms with Crippen LogP contribution in [0.25, 0.3) is 0 Å². The average Bonchev–Trinajstić information content (AvgIpc) is 2.55. The minimum atomic E-state index is 0.118. The van der Waals surface area contributed by atoms with Crippen molar-refractivity contribution in [3.05, 3.63) is 24.3 Å². The Morgan fingerprint density at radius 3 is 2.83 bits per heavy atom. The molecule has 1 aromatic rings. The van der Waals surface area contributed by atoms with Gasteiger partial charge in [0.15, 0.2) is 0 Å². The Kier molecular flexibility index (Phi) is 6.46. The van der Waals surface area contributed by atoms with E-state index in [0.717, 1.165) is 24.5 Å². The minimum Gasteiger partial charge on any atom is -0.372 e. The van der Waals surface area contributed by atoms with Crippen LogP contribution in [0.2, 0.25) is 0 Å². The number of nitrogens with one attached hydrogen (secondary N) is 2. The molecule has 0 aliphatic carbocycles. The first-order valence-electron chi connectivity index (χ1n) is 8.81. The van der Waals surface area contributed by atoms with Crippen LogP contribution in [0.5, 0.6) is 0 Å². The van der Waals surface area contributed by atoms with Crippen molar-refractivity contribution in [2.75, 3.05) is 30.4 Å². The maximum atomic E-state index is 12.3. The Morgan fingerprint density at radius 2 is 2.17 bits per heavy atom. The molecule has 2 rings (SSSR count). The Labute approximate surface area is 140 Å². The van der Waals surface area contributed by atoms with Crippen molar-refractivity contribution < 1.29 is 4.79 Å². The summed E-state index contributed by atoms with van der Waals surface area (Å²) in [6.07, 6.45) is 3.05. The highest BCUT2D eigenvalue weighted by Gasteiger charge is 2.22. The molecule has 1 aliphatic heterocycles. The second-order valence-corrected chi connectivity index (χ2v) is 7.09. The van der Waals surface area contributed by atoms with Crippen molar-refractivity contribution in [3.63, 3.8) is 0 Å². The van der Waals surface area contributed by atoms with Crippen molar-refractivity contribution in [1.82, 2.24) is 5.32 Å². The summed E-state index contributed by atoms with van der Waals surface area (Å²) in [5.74, 6) is 1.16. The van der Waals surface area contributed by atoms with E-state index < -0.39 is 0 Å². The average molecular weight is 317 g/mol. The number of rotatable bonds is 6. The number of carbonyl (C=O) groups excluding carboxylic acids is 1. The van der Waals surface area contributed by atoms with Gasteiger partial charge < -0.3 is 15.5 Å². The van der Waals surface area contributed by atoms with Gasteiger partial charge in [0.1, 0.15) is 0 Å². The van der Waals surface area contributed by atoms with Crippen molar-refractivity contribution in [2.45, 2.75) is 46.1 Å². The fourth-order valence-corrected chi connectivity index (χ4v) is 3.14.